The van der Waals surface area contributed by atoms with E-state index < -0.39 is 5.97 Å². The van der Waals surface area contributed by atoms with Crippen molar-refractivity contribution in [2.24, 2.45) is 0 Å². The number of carboxylic acid groups (broad SMARTS) is 1. The molecule has 0 aliphatic rings. The molecule has 2 rings (SSSR count). The predicted octanol–water partition coefficient (Wildman–Crippen LogP) is 3.31. The molecule has 3 nitrogen and oxygen atoms in total. The van der Waals surface area contributed by atoms with Gasteiger partial charge in [0.15, 0.2) is 0 Å². The van der Waals surface area contributed by atoms with Crippen LogP contribution in [-0.2, 0) is 6.42 Å². The van der Waals surface area contributed by atoms with E-state index >= 15 is 0 Å². The number of benzene rings is 2. The third kappa shape index (κ3) is 3.58. The van der Waals surface area contributed by atoms with Crippen molar-refractivity contribution >= 4 is 5.97 Å². The van der Waals surface area contributed by atoms with Crippen LogP contribution in [0.3, 0.4) is 0 Å². The zero-order valence-electron chi connectivity index (χ0n) is 10.8. The lowest BCUT2D eigenvalue weighted by molar-refractivity contribution is 0.0692. The Labute approximate surface area is 112 Å². The molecule has 0 bridgehead atoms. The Morgan fingerprint density at radius 1 is 1.16 bits per heavy atom. The maximum atomic E-state index is 11.0. The van der Waals surface area contributed by atoms with Crippen LogP contribution in [0.1, 0.15) is 21.5 Å². The molecular weight excluding hydrogens is 240 g/mol. The lowest BCUT2D eigenvalue weighted by atomic mass is 10.1. The Bertz CT molecular complexity index is 576. The molecule has 0 aliphatic heterocycles. The van der Waals surface area contributed by atoms with Gasteiger partial charge < -0.3 is 9.84 Å². The fraction of sp³-hybridized carbons (Fsp3) is 0.188. The Balaban J connectivity index is 1.98. The minimum atomic E-state index is -0.967. The molecule has 3 heteroatoms. The Morgan fingerprint density at radius 3 is 2.68 bits per heavy atom. The van der Waals surface area contributed by atoms with E-state index in [9.17, 15) is 4.79 Å². The molecule has 0 atom stereocenters. The molecule has 0 aromatic heterocycles. The largest absolute Gasteiger partial charge is 0.492 e. The zero-order chi connectivity index (χ0) is 13.7. The summed E-state index contributed by atoms with van der Waals surface area (Å²) in [5.41, 5.74) is 2.60. The molecule has 1 N–H and O–H groups in total. The minimum Gasteiger partial charge on any atom is -0.492 e. The summed E-state index contributed by atoms with van der Waals surface area (Å²) in [5.74, 6) is -0.547. The Hall–Kier alpha value is -2.29. The highest BCUT2D eigenvalue weighted by molar-refractivity contribution is 5.90. The molecule has 0 saturated heterocycles. The van der Waals surface area contributed by atoms with Gasteiger partial charge in [-0.1, -0.05) is 42.0 Å². The summed E-state index contributed by atoms with van der Waals surface area (Å²) in [5, 5.41) is 9.04. The Morgan fingerprint density at radius 2 is 1.95 bits per heavy atom. The van der Waals surface area contributed by atoms with Gasteiger partial charge in [-0.05, 0) is 24.6 Å². The van der Waals surface area contributed by atoms with Crippen molar-refractivity contribution in [1.29, 1.82) is 0 Å². The molecular formula is C16H16O3. The molecule has 0 fully saturated rings. The normalized spacial score (nSPS) is 10.2. The first-order valence-electron chi connectivity index (χ1n) is 6.17. The molecule has 0 spiro atoms. The number of rotatable bonds is 5. The summed E-state index contributed by atoms with van der Waals surface area (Å²) in [7, 11) is 0. The van der Waals surface area contributed by atoms with Crippen molar-refractivity contribution in [3.63, 3.8) is 0 Å². The summed E-state index contributed by atoms with van der Waals surface area (Å²) in [4.78, 5) is 11.0. The van der Waals surface area contributed by atoms with E-state index in [1.807, 2.05) is 25.1 Å². The summed E-state index contributed by atoms with van der Waals surface area (Å²) in [6, 6.07) is 14.9. The van der Waals surface area contributed by atoms with E-state index in [1.165, 1.54) is 11.1 Å². The number of hydrogen-bond acceptors (Lipinski definition) is 2. The van der Waals surface area contributed by atoms with Crippen LogP contribution in [0.5, 0.6) is 5.75 Å². The average molecular weight is 256 g/mol. The van der Waals surface area contributed by atoms with E-state index in [-0.39, 0.29) is 5.56 Å². The quantitative estimate of drug-likeness (QED) is 0.892. The van der Waals surface area contributed by atoms with Crippen molar-refractivity contribution < 1.29 is 14.6 Å². The first-order valence-corrected chi connectivity index (χ1v) is 6.17. The van der Waals surface area contributed by atoms with Crippen LogP contribution in [0.15, 0.2) is 48.5 Å². The number of carboxylic acids is 1. The molecule has 0 unspecified atom stereocenters. The first kappa shape index (κ1) is 13.1. The van der Waals surface area contributed by atoms with Crippen LogP contribution < -0.4 is 4.74 Å². The SMILES string of the molecule is Cc1cccc(CCOc2ccccc2C(=O)O)c1. The highest BCUT2D eigenvalue weighted by Crippen LogP contribution is 2.18. The second-order valence-electron chi connectivity index (χ2n) is 4.39. The number of aromatic carboxylic acids is 1. The predicted molar refractivity (Wildman–Crippen MR) is 73.8 cm³/mol. The van der Waals surface area contributed by atoms with Gasteiger partial charge in [0.25, 0.3) is 0 Å². The molecule has 98 valence electrons. The molecule has 0 heterocycles. The third-order valence-electron chi connectivity index (χ3n) is 2.85. The van der Waals surface area contributed by atoms with Gasteiger partial charge in [0.1, 0.15) is 11.3 Å². The monoisotopic (exact) mass is 256 g/mol. The molecule has 0 aliphatic carbocycles. The molecule has 2 aromatic carbocycles. The van der Waals surface area contributed by atoms with E-state index in [4.69, 9.17) is 9.84 Å². The van der Waals surface area contributed by atoms with E-state index in [0.29, 0.717) is 12.4 Å². The summed E-state index contributed by atoms with van der Waals surface area (Å²) in [6.07, 6.45) is 0.760. The van der Waals surface area contributed by atoms with Crippen LogP contribution >= 0.6 is 0 Å². The number of ether oxygens (including phenoxy) is 1. The standard InChI is InChI=1S/C16H16O3/c1-12-5-4-6-13(11-12)9-10-19-15-8-3-2-7-14(15)16(17)18/h2-8,11H,9-10H2,1H3,(H,17,18). The van der Waals surface area contributed by atoms with E-state index in [1.54, 1.807) is 24.3 Å². The van der Waals surface area contributed by atoms with Crippen LogP contribution in [0.25, 0.3) is 0 Å². The summed E-state index contributed by atoms with van der Waals surface area (Å²) >= 11 is 0. The second kappa shape index (κ2) is 6.05. The number of carbonyl (C=O) groups is 1. The fourth-order valence-corrected chi connectivity index (χ4v) is 1.92. The van der Waals surface area contributed by atoms with E-state index in [0.717, 1.165) is 6.42 Å². The lowest BCUT2D eigenvalue weighted by Gasteiger charge is -2.09. The minimum absolute atomic E-state index is 0.201. The molecule has 19 heavy (non-hydrogen) atoms. The van der Waals surface area contributed by atoms with Gasteiger partial charge >= 0.3 is 5.97 Å². The van der Waals surface area contributed by atoms with Gasteiger partial charge in [-0.15, -0.1) is 0 Å². The average Bonchev–Trinajstić information content (AvgIpc) is 2.39. The number of hydrogen-bond donors (Lipinski definition) is 1. The topological polar surface area (TPSA) is 46.5 Å². The lowest BCUT2D eigenvalue weighted by Crippen LogP contribution is -2.06. The van der Waals surface area contributed by atoms with Crippen LogP contribution in [0, 0.1) is 6.92 Å². The van der Waals surface area contributed by atoms with Gasteiger partial charge in [0.05, 0.1) is 6.61 Å². The summed E-state index contributed by atoms with van der Waals surface area (Å²) < 4.78 is 5.56. The van der Waals surface area contributed by atoms with Crippen molar-refractivity contribution in [2.45, 2.75) is 13.3 Å². The van der Waals surface area contributed by atoms with Gasteiger partial charge in [0.2, 0.25) is 0 Å². The molecule has 0 amide bonds. The third-order valence-corrected chi connectivity index (χ3v) is 2.85. The van der Waals surface area contributed by atoms with Crippen molar-refractivity contribution in [3.8, 4) is 5.75 Å². The smallest absolute Gasteiger partial charge is 0.339 e. The molecule has 0 radical (unpaired) electrons. The van der Waals surface area contributed by atoms with Crippen molar-refractivity contribution in [3.05, 3.63) is 65.2 Å². The second-order valence-corrected chi connectivity index (χ2v) is 4.39. The summed E-state index contributed by atoms with van der Waals surface area (Å²) in [6.45, 7) is 2.51. The highest BCUT2D eigenvalue weighted by atomic mass is 16.5. The maximum absolute atomic E-state index is 11.0. The molecule has 0 saturated carbocycles. The molecule has 2 aromatic rings. The van der Waals surface area contributed by atoms with Crippen LogP contribution in [0.4, 0.5) is 0 Å². The van der Waals surface area contributed by atoms with Gasteiger partial charge in [-0.25, -0.2) is 4.79 Å². The van der Waals surface area contributed by atoms with Crippen molar-refractivity contribution in [1.82, 2.24) is 0 Å². The first-order chi connectivity index (χ1) is 9.16. The highest BCUT2D eigenvalue weighted by Gasteiger charge is 2.09. The van der Waals surface area contributed by atoms with Gasteiger partial charge in [-0.3, -0.25) is 0 Å². The number of aryl methyl sites for hydroxylation is 1. The fourth-order valence-electron chi connectivity index (χ4n) is 1.92. The van der Waals surface area contributed by atoms with E-state index in [2.05, 4.69) is 6.07 Å². The number of para-hydroxylation sites is 1. The van der Waals surface area contributed by atoms with Gasteiger partial charge in [0, 0.05) is 6.42 Å². The zero-order valence-corrected chi connectivity index (χ0v) is 10.8. The maximum Gasteiger partial charge on any atom is 0.339 e. The van der Waals surface area contributed by atoms with Gasteiger partial charge in [-0.2, -0.15) is 0 Å². The van der Waals surface area contributed by atoms with Crippen LogP contribution in [-0.4, -0.2) is 17.7 Å². The van der Waals surface area contributed by atoms with Crippen molar-refractivity contribution in [2.75, 3.05) is 6.61 Å². The Kier molecular flexibility index (Phi) is 4.18. The van der Waals surface area contributed by atoms with Crippen LogP contribution in [0.2, 0.25) is 0 Å².